The molecule has 1 aromatic heterocycles. The smallest absolute Gasteiger partial charge is 0.360 e. The minimum Gasteiger partial charge on any atom is -0.476 e. The maximum atomic E-state index is 10.8. The van der Waals surface area contributed by atoms with Crippen LogP contribution in [0.15, 0.2) is 23.2 Å². The number of carboxylic acid groups (broad SMARTS) is 1. The Hall–Kier alpha value is -1.93. The average molecular weight is 312 g/mol. The molecule has 8 heteroatoms. The second kappa shape index (κ2) is 9.09. The molecule has 0 atom stereocenters. The highest BCUT2D eigenvalue weighted by molar-refractivity contribution is 7.13. The Morgan fingerprint density at radius 1 is 1.67 bits per heavy atom. The van der Waals surface area contributed by atoms with Gasteiger partial charge in [0, 0.05) is 5.38 Å². The van der Waals surface area contributed by atoms with Crippen LogP contribution in [0.5, 0.6) is 0 Å². The number of anilines is 1. The molecule has 0 amide bonds. The van der Waals surface area contributed by atoms with Crippen molar-refractivity contribution in [2.45, 2.75) is 12.8 Å². The fourth-order valence-corrected chi connectivity index (χ4v) is 2.17. The Labute approximate surface area is 127 Å². The summed E-state index contributed by atoms with van der Waals surface area (Å²) in [6, 6.07) is 0. The second-order valence-corrected chi connectivity index (χ2v) is 5.30. The highest BCUT2D eigenvalue weighted by Gasteiger charge is 2.16. The van der Waals surface area contributed by atoms with E-state index >= 15 is 0 Å². The Balaban J connectivity index is 0.000000304. The number of likely N-dealkylation sites (tertiary alicyclic amines) is 1. The molecule has 116 valence electrons. The maximum absolute atomic E-state index is 10.8. The number of nitrogens with zero attached hydrogens (tertiary/aromatic N) is 3. The molecule has 0 radical (unpaired) electrons. The Morgan fingerprint density at radius 3 is 2.71 bits per heavy atom. The lowest BCUT2D eigenvalue weighted by Gasteiger charge is -2.01. The Kier molecular flexibility index (Phi) is 7.41. The summed E-state index contributed by atoms with van der Waals surface area (Å²) in [5.41, 5.74) is 5.29. The molecule has 3 N–H and O–H groups in total. The lowest BCUT2D eigenvalue weighted by Crippen LogP contribution is -2.15. The van der Waals surface area contributed by atoms with Gasteiger partial charge in [-0.1, -0.05) is 17.8 Å². The molecular formula is C13H20N4O3S. The average Bonchev–Trinajstić information content (AvgIpc) is 3.06. The Morgan fingerprint density at radius 2 is 2.33 bits per heavy atom. The molecule has 0 saturated carbocycles. The first-order valence-corrected chi connectivity index (χ1v) is 7.36. The lowest BCUT2D eigenvalue weighted by molar-refractivity contribution is -0.129. The molecule has 1 aliphatic heterocycles. The Bertz CT molecular complexity index is 495. The lowest BCUT2D eigenvalue weighted by atomic mass is 10.3. The van der Waals surface area contributed by atoms with E-state index in [2.05, 4.69) is 33.5 Å². The van der Waals surface area contributed by atoms with Crippen LogP contribution in [0, 0.1) is 0 Å². The van der Waals surface area contributed by atoms with Crippen molar-refractivity contribution >= 4 is 28.1 Å². The van der Waals surface area contributed by atoms with Gasteiger partial charge in [-0.15, -0.1) is 11.3 Å². The summed E-state index contributed by atoms with van der Waals surface area (Å²) in [7, 11) is 2.17. The van der Waals surface area contributed by atoms with Crippen LogP contribution in [0.3, 0.4) is 0 Å². The van der Waals surface area contributed by atoms with Gasteiger partial charge in [-0.3, -0.25) is 0 Å². The van der Waals surface area contributed by atoms with Gasteiger partial charge in [-0.2, -0.15) is 0 Å². The van der Waals surface area contributed by atoms with E-state index in [1.54, 1.807) is 0 Å². The van der Waals surface area contributed by atoms with E-state index < -0.39 is 5.97 Å². The molecule has 0 spiro atoms. The topological polar surface area (TPSA) is 101 Å². The highest BCUT2D eigenvalue weighted by atomic mass is 32.1. The van der Waals surface area contributed by atoms with Gasteiger partial charge in [-0.25, -0.2) is 9.78 Å². The molecule has 1 fully saturated rings. The van der Waals surface area contributed by atoms with Crippen LogP contribution in [-0.2, 0) is 9.63 Å². The third kappa shape index (κ3) is 6.37. The first-order valence-electron chi connectivity index (χ1n) is 6.48. The summed E-state index contributed by atoms with van der Waals surface area (Å²) in [5, 5.41) is 14.0. The molecular weight excluding hydrogens is 292 g/mol. The zero-order valence-corrected chi connectivity index (χ0v) is 12.8. The molecule has 7 nitrogen and oxygen atoms in total. The van der Waals surface area contributed by atoms with Crippen LogP contribution in [0.4, 0.5) is 5.13 Å². The SMILES string of the molecule is C=CCON=C(C(=O)O)c1csc(N)n1.CN1CCCC1. The van der Waals surface area contributed by atoms with Crippen molar-refractivity contribution in [2.24, 2.45) is 5.16 Å². The quantitative estimate of drug-likeness (QED) is 0.369. The van der Waals surface area contributed by atoms with Crippen LogP contribution in [-0.4, -0.2) is 53.4 Å². The molecule has 0 aliphatic carbocycles. The van der Waals surface area contributed by atoms with E-state index in [1.165, 1.54) is 37.4 Å². The van der Waals surface area contributed by atoms with Gasteiger partial charge in [-0.05, 0) is 33.0 Å². The molecule has 2 heterocycles. The van der Waals surface area contributed by atoms with Gasteiger partial charge >= 0.3 is 5.97 Å². The molecule has 0 unspecified atom stereocenters. The van der Waals surface area contributed by atoms with E-state index in [9.17, 15) is 4.79 Å². The molecule has 1 aliphatic rings. The van der Waals surface area contributed by atoms with E-state index in [4.69, 9.17) is 10.8 Å². The minimum atomic E-state index is -1.22. The molecule has 1 saturated heterocycles. The number of aromatic nitrogens is 1. The predicted molar refractivity (Wildman–Crippen MR) is 83.6 cm³/mol. The summed E-state index contributed by atoms with van der Waals surface area (Å²) in [6.07, 6.45) is 4.28. The van der Waals surface area contributed by atoms with E-state index in [-0.39, 0.29) is 23.1 Å². The van der Waals surface area contributed by atoms with Crippen molar-refractivity contribution < 1.29 is 14.7 Å². The standard InChI is InChI=1S/C8H9N3O3S.C5H11N/c1-2-3-14-11-6(7(12)13)5-4-15-8(9)10-5;1-6-4-2-3-5-6/h2,4H,1,3H2,(H2,9,10)(H,12,13);2-5H2,1H3. The van der Waals surface area contributed by atoms with Gasteiger partial charge in [0.05, 0.1) is 0 Å². The second-order valence-electron chi connectivity index (χ2n) is 4.41. The van der Waals surface area contributed by atoms with Crippen molar-refractivity contribution in [2.75, 3.05) is 32.5 Å². The highest BCUT2D eigenvalue weighted by Crippen LogP contribution is 2.12. The summed E-state index contributed by atoms with van der Waals surface area (Å²) < 4.78 is 0. The third-order valence-electron chi connectivity index (χ3n) is 2.65. The largest absolute Gasteiger partial charge is 0.476 e. The summed E-state index contributed by atoms with van der Waals surface area (Å²) in [5.74, 6) is -1.22. The zero-order valence-electron chi connectivity index (χ0n) is 12.0. The van der Waals surface area contributed by atoms with Gasteiger partial charge < -0.3 is 20.6 Å². The van der Waals surface area contributed by atoms with Crippen molar-refractivity contribution in [1.29, 1.82) is 0 Å². The van der Waals surface area contributed by atoms with Gasteiger partial charge in [0.15, 0.2) is 5.13 Å². The fraction of sp³-hybridized carbons (Fsp3) is 0.462. The molecule has 1 aromatic rings. The van der Waals surface area contributed by atoms with E-state index in [0.717, 1.165) is 11.3 Å². The van der Waals surface area contributed by atoms with Gasteiger partial charge in [0.1, 0.15) is 12.3 Å². The van der Waals surface area contributed by atoms with Crippen LogP contribution in [0.25, 0.3) is 0 Å². The molecule has 0 aromatic carbocycles. The van der Waals surface area contributed by atoms with Crippen molar-refractivity contribution in [1.82, 2.24) is 9.88 Å². The summed E-state index contributed by atoms with van der Waals surface area (Å²) in [6.45, 7) is 6.18. The number of nitrogen functional groups attached to an aromatic ring is 1. The number of oxime groups is 1. The molecule has 0 bridgehead atoms. The first-order chi connectivity index (χ1) is 10.0. The van der Waals surface area contributed by atoms with Crippen molar-refractivity contribution in [3.05, 3.63) is 23.7 Å². The summed E-state index contributed by atoms with van der Waals surface area (Å²) in [4.78, 5) is 21.6. The first kappa shape index (κ1) is 17.1. The maximum Gasteiger partial charge on any atom is 0.360 e. The predicted octanol–water partition coefficient (Wildman–Crippen LogP) is 1.43. The number of aliphatic carboxylic acids is 1. The minimum absolute atomic E-state index is 0.135. The van der Waals surface area contributed by atoms with Crippen LogP contribution < -0.4 is 5.73 Å². The number of carbonyl (C=O) groups is 1. The van der Waals surface area contributed by atoms with Crippen LogP contribution >= 0.6 is 11.3 Å². The van der Waals surface area contributed by atoms with E-state index in [0.29, 0.717) is 0 Å². The fourth-order valence-electron chi connectivity index (χ4n) is 1.62. The molecule has 2 rings (SSSR count). The zero-order chi connectivity index (χ0) is 15.7. The monoisotopic (exact) mass is 312 g/mol. The number of carboxylic acids is 1. The normalized spacial score (nSPS) is 15.2. The van der Waals surface area contributed by atoms with E-state index in [1.807, 2.05) is 0 Å². The van der Waals surface area contributed by atoms with Crippen LogP contribution in [0.2, 0.25) is 0 Å². The third-order valence-corrected chi connectivity index (χ3v) is 3.32. The van der Waals surface area contributed by atoms with Crippen molar-refractivity contribution in [3.63, 3.8) is 0 Å². The number of nitrogens with two attached hydrogens (primary N) is 1. The number of hydrogen-bond donors (Lipinski definition) is 2. The van der Waals surface area contributed by atoms with Gasteiger partial charge in [0.2, 0.25) is 5.71 Å². The summed E-state index contributed by atoms with van der Waals surface area (Å²) >= 11 is 1.14. The van der Waals surface area contributed by atoms with Crippen LogP contribution in [0.1, 0.15) is 18.5 Å². The van der Waals surface area contributed by atoms with Crippen molar-refractivity contribution in [3.8, 4) is 0 Å². The number of hydrogen-bond acceptors (Lipinski definition) is 7. The van der Waals surface area contributed by atoms with Gasteiger partial charge in [0.25, 0.3) is 0 Å². The number of rotatable bonds is 5. The number of thiazole rings is 1. The molecule has 21 heavy (non-hydrogen) atoms.